The standard InChI is InChI=1S/C14H18N4O4S2/c1-21-12(20)5-2-6-15-11(19)9-23-14-18-17-13(24-14)16-8-10-4-3-7-22-10/h3-4,7H,2,5-6,8-9H2,1H3,(H,15,19)(H,16,17). The Bertz CT molecular complexity index is 645. The van der Waals surface area contributed by atoms with Crippen molar-refractivity contribution in [2.45, 2.75) is 23.7 Å². The van der Waals surface area contributed by atoms with Crippen molar-refractivity contribution in [3.63, 3.8) is 0 Å². The van der Waals surface area contributed by atoms with Crippen LogP contribution in [0, 0.1) is 0 Å². The molecule has 2 N–H and O–H groups in total. The first-order valence-electron chi connectivity index (χ1n) is 7.23. The Morgan fingerprint density at radius 2 is 2.29 bits per heavy atom. The number of hydrogen-bond donors (Lipinski definition) is 2. The quantitative estimate of drug-likeness (QED) is 0.371. The van der Waals surface area contributed by atoms with Crippen LogP contribution in [0.2, 0.25) is 0 Å². The molecular weight excluding hydrogens is 352 g/mol. The summed E-state index contributed by atoms with van der Waals surface area (Å²) >= 11 is 2.70. The van der Waals surface area contributed by atoms with E-state index in [1.165, 1.54) is 30.2 Å². The zero-order valence-electron chi connectivity index (χ0n) is 13.1. The lowest BCUT2D eigenvalue weighted by molar-refractivity contribution is -0.140. The van der Waals surface area contributed by atoms with E-state index in [9.17, 15) is 9.59 Å². The van der Waals surface area contributed by atoms with Crippen LogP contribution in [0.1, 0.15) is 18.6 Å². The summed E-state index contributed by atoms with van der Waals surface area (Å²) in [6.45, 7) is 0.980. The largest absolute Gasteiger partial charge is 0.469 e. The van der Waals surface area contributed by atoms with Gasteiger partial charge in [0.15, 0.2) is 4.34 Å². The highest BCUT2D eigenvalue weighted by Crippen LogP contribution is 2.25. The highest BCUT2D eigenvalue weighted by molar-refractivity contribution is 8.01. The minimum absolute atomic E-state index is 0.106. The summed E-state index contributed by atoms with van der Waals surface area (Å²) < 4.78 is 10.5. The minimum atomic E-state index is -0.276. The fourth-order valence-corrected chi connectivity index (χ4v) is 3.23. The number of thioether (sulfide) groups is 1. The Balaban J connectivity index is 1.61. The molecule has 0 saturated heterocycles. The lowest BCUT2D eigenvalue weighted by Gasteiger charge is -2.03. The van der Waals surface area contributed by atoms with Gasteiger partial charge in [-0.05, 0) is 18.6 Å². The number of carbonyl (C=O) groups excluding carboxylic acids is 2. The number of amides is 1. The second kappa shape index (κ2) is 9.93. The van der Waals surface area contributed by atoms with E-state index in [-0.39, 0.29) is 17.6 Å². The summed E-state index contributed by atoms with van der Waals surface area (Å²) in [6.07, 6.45) is 2.47. The number of anilines is 1. The molecule has 8 nitrogen and oxygen atoms in total. The third-order valence-electron chi connectivity index (χ3n) is 2.83. The fourth-order valence-electron chi connectivity index (χ4n) is 1.66. The van der Waals surface area contributed by atoms with Crippen LogP contribution in [-0.2, 0) is 20.9 Å². The molecule has 0 fully saturated rings. The van der Waals surface area contributed by atoms with E-state index in [1.54, 1.807) is 6.26 Å². The molecule has 10 heteroatoms. The molecule has 0 unspecified atom stereocenters. The number of rotatable bonds is 10. The fraction of sp³-hybridized carbons (Fsp3) is 0.429. The van der Waals surface area contributed by atoms with Crippen LogP contribution in [0.15, 0.2) is 27.2 Å². The third-order valence-corrected chi connectivity index (χ3v) is 4.85. The van der Waals surface area contributed by atoms with Crippen molar-refractivity contribution in [1.82, 2.24) is 15.5 Å². The average Bonchev–Trinajstić information content (AvgIpc) is 3.26. The molecule has 0 atom stereocenters. The van der Waals surface area contributed by atoms with Gasteiger partial charge in [0, 0.05) is 13.0 Å². The maximum Gasteiger partial charge on any atom is 0.305 e. The average molecular weight is 370 g/mol. The van der Waals surface area contributed by atoms with Crippen molar-refractivity contribution in [1.29, 1.82) is 0 Å². The van der Waals surface area contributed by atoms with Gasteiger partial charge >= 0.3 is 5.97 Å². The van der Waals surface area contributed by atoms with E-state index < -0.39 is 0 Å². The van der Waals surface area contributed by atoms with Crippen molar-refractivity contribution in [3.8, 4) is 0 Å². The highest BCUT2D eigenvalue weighted by atomic mass is 32.2. The number of esters is 1. The van der Waals surface area contributed by atoms with Gasteiger partial charge in [0.25, 0.3) is 0 Å². The molecule has 1 amide bonds. The van der Waals surface area contributed by atoms with Gasteiger partial charge in [-0.15, -0.1) is 10.2 Å². The van der Waals surface area contributed by atoms with Crippen molar-refractivity contribution < 1.29 is 18.7 Å². The first-order valence-corrected chi connectivity index (χ1v) is 9.03. The van der Waals surface area contributed by atoms with Gasteiger partial charge in [-0.2, -0.15) is 0 Å². The van der Waals surface area contributed by atoms with Gasteiger partial charge < -0.3 is 19.8 Å². The van der Waals surface area contributed by atoms with Gasteiger partial charge in [-0.25, -0.2) is 0 Å². The van der Waals surface area contributed by atoms with Crippen LogP contribution < -0.4 is 10.6 Å². The molecule has 24 heavy (non-hydrogen) atoms. The number of ether oxygens (including phenoxy) is 1. The molecule has 2 aromatic heterocycles. The van der Waals surface area contributed by atoms with Crippen LogP contribution in [0.4, 0.5) is 5.13 Å². The van der Waals surface area contributed by atoms with Crippen LogP contribution in [0.25, 0.3) is 0 Å². The van der Waals surface area contributed by atoms with Crippen LogP contribution in [-0.4, -0.2) is 41.5 Å². The van der Waals surface area contributed by atoms with E-state index in [1.807, 2.05) is 12.1 Å². The first kappa shape index (κ1) is 18.3. The van der Waals surface area contributed by atoms with Crippen LogP contribution >= 0.6 is 23.1 Å². The zero-order chi connectivity index (χ0) is 17.2. The van der Waals surface area contributed by atoms with Crippen molar-refractivity contribution in [2.75, 3.05) is 24.7 Å². The number of aromatic nitrogens is 2. The van der Waals surface area contributed by atoms with E-state index in [0.717, 1.165) is 5.76 Å². The van der Waals surface area contributed by atoms with Gasteiger partial charge in [0.2, 0.25) is 11.0 Å². The van der Waals surface area contributed by atoms with E-state index in [4.69, 9.17) is 4.42 Å². The van der Waals surface area contributed by atoms with Gasteiger partial charge in [-0.1, -0.05) is 23.1 Å². The Kier molecular flexibility index (Phi) is 7.56. The zero-order valence-corrected chi connectivity index (χ0v) is 14.7. The molecule has 0 aliphatic rings. The first-order chi connectivity index (χ1) is 11.7. The Hall–Kier alpha value is -2.07. The predicted molar refractivity (Wildman–Crippen MR) is 90.9 cm³/mol. The molecule has 0 aromatic carbocycles. The predicted octanol–water partition coefficient (Wildman–Crippen LogP) is 1.90. The van der Waals surface area contributed by atoms with Gasteiger partial charge in [0.1, 0.15) is 5.76 Å². The lowest BCUT2D eigenvalue weighted by atomic mass is 10.3. The molecule has 0 radical (unpaired) electrons. The summed E-state index contributed by atoms with van der Waals surface area (Å²) in [5, 5.41) is 14.5. The van der Waals surface area contributed by atoms with Gasteiger partial charge in [-0.3, -0.25) is 9.59 Å². The number of carbonyl (C=O) groups is 2. The molecular formula is C14H18N4O4S2. The number of furan rings is 1. The van der Waals surface area contributed by atoms with E-state index in [2.05, 4.69) is 25.6 Å². The number of nitrogens with zero attached hydrogens (tertiary/aromatic N) is 2. The molecule has 130 valence electrons. The lowest BCUT2D eigenvalue weighted by Crippen LogP contribution is -2.26. The molecule has 0 spiro atoms. The molecule has 0 aliphatic carbocycles. The second-order valence-corrected chi connectivity index (χ2v) is 6.82. The van der Waals surface area contributed by atoms with Gasteiger partial charge in [0.05, 0.1) is 25.7 Å². The summed E-state index contributed by atoms with van der Waals surface area (Å²) in [5.41, 5.74) is 0. The molecule has 2 heterocycles. The van der Waals surface area contributed by atoms with Crippen LogP contribution in [0.3, 0.4) is 0 Å². The van der Waals surface area contributed by atoms with Crippen LogP contribution in [0.5, 0.6) is 0 Å². The summed E-state index contributed by atoms with van der Waals surface area (Å²) in [7, 11) is 1.34. The third kappa shape index (κ3) is 6.59. The normalized spacial score (nSPS) is 10.4. The smallest absolute Gasteiger partial charge is 0.305 e. The topological polar surface area (TPSA) is 106 Å². The number of hydrogen-bond acceptors (Lipinski definition) is 9. The summed E-state index contributed by atoms with van der Waals surface area (Å²) in [5.74, 6) is 0.684. The maximum absolute atomic E-state index is 11.7. The number of nitrogens with one attached hydrogen (secondary N) is 2. The summed E-state index contributed by atoms with van der Waals surface area (Å²) in [4.78, 5) is 22.6. The molecule has 0 bridgehead atoms. The molecule has 0 aliphatic heterocycles. The van der Waals surface area contributed by atoms with E-state index in [0.29, 0.717) is 35.4 Å². The monoisotopic (exact) mass is 370 g/mol. The SMILES string of the molecule is COC(=O)CCCNC(=O)CSc1nnc(NCc2ccco2)s1. The highest BCUT2D eigenvalue weighted by Gasteiger charge is 2.08. The molecule has 2 aromatic rings. The Labute approximate surface area is 147 Å². The van der Waals surface area contributed by atoms with E-state index >= 15 is 0 Å². The minimum Gasteiger partial charge on any atom is -0.469 e. The second-order valence-electron chi connectivity index (χ2n) is 4.62. The number of methoxy groups -OCH3 is 1. The summed E-state index contributed by atoms with van der Waals surface area (Å²) in [6, 6.07) is 3.69. The Morgan fingerprint density at radius 1 is 1.42 bits per heavy atom. The van der Waals surface area contributed by atoms with Crippen molar-refractivity contribution in [3.05, 3.63) is 24.2 Å². The molecule has 2 rings (SSSR count). The van der Waals surface area contributed by atoms with Crippen molar-refractivity contribution in [2.24, 2.45) is 0 Å². The van der Waals surface area contributed by atoms with Crippen molar-refractivity contribution >= 4 is 40.1 Å². The molecule has 0 saturated carbocycles. The maximum atomic E-state index is 11.7. The Morgan fingerprint density at radius 3 is 3.04 bits per heavy atom.